The number of aromatic nitrogens is 5. The number of nitrogens with one attached hydrogen (secondary N) is 1. The highest BCUT2D eigenvalue weighted by Gasteiger charge is 2.06. The Balaban J connectivity index is 1.64. The summed E-state index contributed by atoms with van der Waals surface area (Å²) in [5.41, 5.74) is 8.10. The van der Waals surface area contributed by atoms with E-state index in [2.05, 4.69) is 80.6 Å². The van der Waals surface area contributed by atoms with Gasteiger partial charge in [0.1, 0.15) is 0 Å². The number of hydrogen-bond donors (Lipinski definition) is 1. The molecule has 128 valence electrons. The summed E-state index contributed by atoms with van der Waals surface area (Å²) >= 11 is 1.72. The minimum atomic E-state index is 0.542. The summed E-state index contributed by atoms with van der Waals surface area (Å²) in [6, 6.07) is 8.63. The molecule has 4 aromatic rings. The van der Waals surface area contributed by atoms with E-state index in [4.69, 9.17) is 0 Å². The molecule has 0 aliphatic rings. The molecule has 4 rings (SSSR count). The monoisotopic (exact) mass is 359 g/mol. The molecule has 0 aliphatic carbocycles. The van der Waals surface area contributed by atoms with Crippen molar-refractivity contribution in [1.82, 2.24) is 25.6 Å². The topological polar surface area (TPSA) is 67.3 Å². The number of hydrogen-bond acceptors (Lipinski definition) is 5. The Labute approximate surface area is 155 Å². The van der Waals surface area contributed by atoms with Crippen molar-refractivity contribution in [2.45, 2.75) is 13.8 Å². The fraction of sp³-hybridized carbons (Fsp3) is 0.100. The summed E-state index contributed by atoms with van der Waals surface area (Å²) in [7, 11) is 0. The Morgan fingerprint density at radius 1 is 0.962 bits per heavy atom. The van der Waals surface area contributed by atoms with Crippen molar-refractivity contribution in [2.24, 2.45) is 0 Å². The van der Waals surface area contributed by atoms with Crippen LogP contribution < -0.4 is 0 Å². The van der Waals surface area contributed by atoms with E-state index in [1.54, 1.807) is 17.5 Å². The van der Waals surface area contributed by atoms with Crippen molar-refractivity contribution in [3.05, 3.63) is 69.7 Å². The van der Waals surface area contributed by atoms with Crippen LogP contribution in [0.2, 0.25) is 0 Å². The first-order valence-corrected chi connectivity index (χ1v) is 9.16. The zero-order chi connectivity index (χ0) is 17.9. The van der Waals surface area contributed by atoms with Crippen molar-refractivity contribution < 1.29 is 0 Å². The summed E-state index contributed by atoms with van der Waals surface area (Å²) in [5.74, 6) is 0.542. The lowest BCUT2D eigenvalue weighted by molar-refractivity contribution is 0.881. The smallest absolute Gasteiger partial charge is 0.206 e. The van der Waals surface area contributed by atoms with Crippen LogP contribution in [0.3, 0.4) is 0 Å². The second-order valence-corrected chi connectivity index (χ2v) is 6.89. The Morgan fingerprint density at radius 2 is 1.81 bits per heavy atom. The normalized spacial score (nSPS) is 11.3. The molecule has 0 fully saturated rings. The molecule has 3 heterocycles. The van der Waals surface area contributed by atoms with Gasteiger partial charge in [0, 0.05) is 18.0 Å². The zero-order valence-electron chi connectivity index (χ0n) is 14.5. The molecule has 0 atom stereocenters. The standard InChI is InChI=1S/C20H17N5S/c1-13-7-17(16-5-6-26-12-16)8-14(2)19(13)4-3-15-9-18(11-21-10-15)20-22-24-25-23-20/h3-12H,1-2H3,(H,22,23,24,25)/b4-3+. The van der Waals surface area contributed by atoms with Crippen molar-refractivity contribution in [1.29, 1.82) is 0 Å². The maximum absolute atomic E-state index is 4.27. The van der Waals surface area contributed by atoms with Crippen molar-refractivity contribution in [3.8, 4) is 22.5 Å². The molecular formula is C20H17N5S. The van der Waals surface area contributed by atoms with Gasteiger partial charge in [0.15, 0.2) is 0 Å². The number of benzene rings is 1. The van der Waals surface area contributed by atoms with Crippen LogP contribution in [0.1, 0.15) is 22.3 Å². The van der Waals surface area contributed by atoms with Gasteiger partial charge >= 0.3 is 0 Å². The lowest BCUT2D eigenvalue weighted by Crippen LogP contribution is -1.89. The van der Waals surface area contributed by atoms with Gasteiger partial charge in [0.05, 0.1) is 0 Å². The predicted molar refractivity (Wildman–Crippen MR) is 106 cm³/mol. The molecule has 1 aromatic carbocycles. The minimum absolute atomic E-state index is 0.542. The molecule has 0 bridgehead atoms. The van der Waals surface area contributed by atoms with Gasteiger partial charge < -0.3 is 0 Å². The number of thiophene rings is 1. The first-order chi connectivity index (χ1) is 12.7. The number of aromatic amines is 1. The third kappa shape index (κ3) is 3.32. The summed E-state index contributed by atoms with van der Waals surface area (Å²) in [6.07, 6.45) is 7.76. The van der Waals surface area contributed by atoms with Gasteiger partial charge in [0.2, 0.25) is 5.82 Å². The Morgan fingerprint density at radius 3 is 2.50 bits per heavy atom. The van der Waals surface area contributed by atoms with E-state index in [1.165, 1.54) is 27.8 Å². The van der Waals surface area contributed by atoms with Gasteiger partial charge in [-0.15, -0.1) is 10.2 Å². The van der Waals surface area contributed by atoms with Gasteiger partial charge in [-0.2, -0.15) is 16.6 Å². The average molecular weight is 359 g/mol. The number of rotatable bonds is 4. The SMILES string of the molecule is Cc1cc(-c2ccsc2)cc(C)c1/C=C/c1cncc(-c2nn[nH]n2)c1. The lowest BCUT2D eigenvalue weighted by Gasteiger charge is -2.09. The van der Waals surface area contributed by atoms with Crippen LogP contribution in [0.25, 0.3) is 34.7 Å². The van der Waals surface area contributed by atoms with Crippen LogP contribution in [-0.2, 0) is 0 Å². The fourth-order valence-electron chi connectivity index (χ4n) is 2.97. The van der Waals surface area contributed by atoms with Crippen molar-refractivity contribution >= 4 is 23.5 Å². The van der Waals surface area contributed by atoms with Gasteiger partial charge in [-0.3, -0.25) is 4.98 Å². The summed E-state index contributed by atoms with van der Waals surface area (Å²) in [4.78, 5) is 4.27. The summed E-state index contributed by atoms with van der Waals surface area (Å²) in [6.45, 7) is 4.30. The van der Waals surface area contributed by atoms with Gasteiger partial charge in [0.25, 0.3) is 0 Å². The van der Waals surface area contributed by atoms with E-state index in [-0.39, 0.29) is 0 Å². The third-order valence-electron chi connectivity index (χ3n) is 4.25. The molecule has 0 saturated carbocycles. The van der Waals surface area contributed by atoms with Crippen LogP contribution in [0.15, 0.2) is 47.4 Å². The number of tetrazole rings is 1. The zero-order valence-corrected chi connectivity index (χ0v) is 15.3. The van der Waals surface area contributed by atoms with Gasteiger partial charge in [-0.25, -0.2) is 0 Å². The maximum Gasteiger partial charge on any atom is 0.206 e. The first-order valence-electron chi connectivity index (χ1n) is 8.21. The van der Waals surface area contributed by atoms with Crippen LogP contribution in [0, 0.1) is 13.8 Å². The largest absolute Gasteiger partial charge is 0.263 e. The third-order valence-corrected chi connectivity index (χ3v) is 4.94. The van der Waals surface area contributed by atoms with E-state index in [9.17, 15) is 0 Å². The molecule has 3 aromatic heterocycles. The number of H-pyrrole nitrogens is 1. The Hall–Kier alpha value is -3.12. The first kappa shape index (κ1) is 16.4. The van der Waals surface area contributed by atoms with Gasteiger partial charge in [-0.05, 0) is 75.3 Å². The number of nitrogens with zero attached hydrogens (tertiary/aromatic N) is 4. The van der Waals surface area contributed by atoms with E-state index in [0.29, 0.717) is 5.82 Å². The van der Waals surface area contributed by atoms with E-state index in [0.717, 1.165) is 11.1 Å². The Bertz CT molecular complexity index is 1030. The highest BCUT2D eigenvalue weighted by atomic mass is 32.1. The van der Waals surface area contributed by atoms with Crippen LogP contribution in [-0.4, -0.2) is 25.6 Å². The molecule has 0 amide bonds. The van der Waals surface area contributed by atoms with Crippen molar-refractivity contribution in [2.75, 3.05) is 0 Å². The molecular weight excluding hydrogens is 342 g/mol. The highest BCUT2D eigenvalue weighted by molar-refractivity contribution is 7.08. The highest BCUT2D eigenvalue weighted by Crippen LogP contribution is 2.28. The van der Waals surface area contributed by atoms with E-state index < -0.39 is 0 Å². The maximum atomic E-state index is 4.27. The van der Waals surface area contributed by atoms with Crippen LogP contribution in [0.4, 0.5) is 0 Å². The minimum Gasteiger partial charge on any atom is -0.263 e. The molecule has 0 aliphatic heterocycles. The van der Waals surface area contributed by atoms with Crippen LogP contribution in [0.5, 0.6) is 0 Å². The number of pyridine rings is 1. The molecule has 1 N–H and O–H groups in total. The molecule has 0 spiro atoms. The molecule has 0 radical (unpaired) electrons. The number of aryl methyl sites for hydroxylation is 2. The van der Waals surface area contributed by atoms with E-state index >= 15 is 0 Å². The molecule has 6 heteroatoms. The molecule has 26 heavy (non-hydrogen) atoms. The predicted octanol–water partition coefficient (Wildman–Crippen LogP) is 4.78. The second kappa shape index (κ2) is 7.01. The second-order valence-electron chi connectivity index (χ2n) is 6.11. The quantitative estimate of drug-likeness (QED) is 0.569. The van der Waals surface area contributed by atoms with E-state index in [1.807, 2.05) is 12.3 Å². The lowest BCUT2D eigenvalue weighted by atomic mass is 9.96. The molecule has 5 nitrogen and oxygen atoms in total. The molecule has 0 saturated heterocycles. The fourth-order valence-corrected chi connectivity index (χ4v) is 3.63. The summed E-state index contributed by atoms with van der Waals surface area (Å²) in [5, 5.41) is 18.3. The Kier molecular flexibility index (Phi) is 4.41. The molecule has 0 unspecified atom stereocenters. The van der Waals surface area contributed by atoms with Crippen molar-refractivity contribution in [3.63, 3.8) is 0 Å². The summed E-state index contributed by atoms with van der Waals surface area (Å²) < 4.78 is 0. The van der Waals surface area contributed by atoms with Crippen LogP contribution >= 0.6 is 11.3 Å². The average Bonchev–Trinajstić information content (AvgIpc) is 3.35. The van der Waals surface area contributed by atoms with Gasteiger partial charge in [-0.1, -0.05) is 24.3 Å².